The molecule has 2 atom stereocenters. The van der Waals surface area contributed by atoms with E-state index in [0.717, 1.165) is 23.7 Å². The molecule has 17 heavy (non-hydrogen) atoms. The predicted octanol–water partition coefficient (Wildman–Crippen LogP) is 4.47. The Morgan fingerprint density at radius 1 is 1.06 bits per heavy atom. The molecule has 0 heterocycles. The fraction of sp³-hybridized carbons (Fsp3) is 1.00. The topological polar surface area (TPSA) is 12.0 Å². The van der Waals surface area contributed by atoms with Crippen molar-refractivity contribution in [3.8, 4) is 0 Å². The Kier molecular flexibility index (Phi) is 7.18. The lowest BCUT2D eigenvalue weighted by Crippen LogP contribution is -2.31. The highest BCUT2D eigenvalue weighted by Crippen LogP contribution is 2.37. The third-order valence-electron chi connectivity index (χ3n) is 5.00. The predicted molar refractivity (Wildman–Crippen MR) is 77.2 cm³/mol. The van der Waals surface area contributed by atoms with Crippen LogP contribution in [0, 0.1) is 23.7 Å². The van der Waals surface area contributed by atoms with E-state index < -0.39 is 0 Å². The summed E-state index contributed by atoms with van der Waals surface area (Å²) in [4.78, 5) is 0. The Morgan fingerprint density at radius 2 is 1.71 bits per heavy atom. The molecule has 0 aromatic carbocycles. The molecule has 0 saturated heterocycles. The molecule has 1 nitrogen and oxygen atoms in total. The SMILES string of the molecule is CCCNCC(C)C(C)C1CCC(CC)CC1. The van der Waals surface area contributed by atoms with Gasteiger partial charge in [-0.2, -0.15) is 0 Å². The summed E-state index contributed by atoms with van der Waals surface area (Å²) in [6.07, 6.45) is 8.59. The third-order valence-corrected chi connectivity index (χ3v) is 5.00. The number of hydrogen-bond donors (Lipinski definition) is 1. The van der Waals surface area contributed by atoms with Crippen LogP contribution >= 0.6 is 0 Å². The average molecular weight is 239 g/mol. The lowest BCUT2D eigenvalue weighted by Gasteiger charge is -2.35. The zero-order valence-corrected chi connectivity index (χ0v) is 12.5. The first-order chi connectivity index (χ1) is 8.19. The Balaban J connectivity index is 2.24. The first kappa shape index (κ1) is 15.0. The molecule has 2 unspecified atom stereocenters. The summed E-state index contributed by atoms with van der Waals surface area (Å²) < 4.78 is 0. The van der Waals surface area contributed by atoms with Crippen molar-refractivity contribution in [3.63, 3.8) is 0 Å². The minimum absolute atomic E-state index is 0.838. The molecule has 1 aliphatic rings. The van der Waals surface area contributed by atoms with E-state index in [0.29, 0.717) is 0 Å². The second-order valence-electron chi connectivity index (χ2n) is 6.23. The Labute approximate surface area is 109 Å². The van der Waals surface area contributed by atoms with Crippen molar-refractivity contribution in [1.82, 2.24) is 5.32 Å². The summed E-state index contributed by atoms with van der Waals surface area (Å²) in [7, 11) is 0. The summed E-state index contributed by atoms with van der Waals surface area (Å²) in [5.74, 6) is 3.77. The van der Waals surface area contributed by atoms with Gasteiger partial charge in [-0.15, -0.1) is 0 Å². The van der Waals surface area contributed by atoms with E-state index in [4.69, 9.17) is 0 Å². The molecular weight excluding hydrogens is 206 g/mol. The van der Waals surface area contributed by atoms with Crippen LogP contribution in [0.2, 0.25) is 0 Å². The van der Waals surface area contributed by atoms with E-state index in [-0.39, 0.29) is 0 Å². The quantitative estimate of drug-likeness (QED) is 0.646. The van der Waals surface area contributed by atoms with Crippen LogP contribution in [0.25, 0.3) is 0 Å². The van der Waals surface area contributed by atoms with Gasteiger partial charge in [0.2, 0.25) is 0 Å². The van der Waals surface area contributed by atoms with E-state index in [1.165, 1.54) is 51.6 Å². The van der Waals surface area contributed by atoms with Gasteiger partial charge in [0.15, 0.2) is 0 Å². The van der Waals surface area contributed by atoms with Crippen LogP contribution < -0.4 is 5.32 Å². The number of nitrogens with one attached hydrogen (secondary N) is 1. The maximum absolute atomic E-state index is 3.57. The molecule has 1 rings (SSSR count). The summed E-state index contributed by atoms with van der Waals surface area (Å²) in [6, 6.07) is 0. The van der Waals surface area contributed by atoms with Crippen LogP contribution in [0.4, 0.5) is 0 Å². The fourth-order valence-electron chi connectivity index (χ4n) is 3.28. The molecule has 0 bridgehead atoms. The van der Waals surface area contributed by atoms with Crippen LogP contribution in [0.3, 0.4) is 0 Å². The van der Waals surface area contributed by atoms with Crippen molar-refractivity contribution in [2.24, 2.45) is 23.7 Å². The van der Waals surface area contributed by atoms with Crippen molar-refractivity contribution in [2.45, 2.75) is 66.2 Å². The lowest BCUT2D eigenvalue weighted by atomic mass is 9.72. The molecule has 0 aromatic rings. The van der Waals surface area contributed by atoms with Gasteiger partial charge in [-0.25, -0.2) is 0 Å². The number of rotatable bonds is 7. The van der Waals surface area contributed by atoms with E-state index in [9.17, 15) is 0 Å². The van der Waals surface area contributed by atoms with E-state index in [2.05, 4.69) is 33.0 Å². The monoisotopic (exact) mass is 239 g/mol. The van der Waals surface area contributed by atoms with E-state index in [1.807, 2.05) is 0 Å². The molecule has 1 N–H and O–H groups in total. The maximum Gasteiger partial charge on any atom is -0.00205 e. The fourth-order valence-corrected chi connectivity index (χ4v) is 3.28. The lowest BCUT2D eigenvalue weighted by molar-refractivity contribution is 0.169. The average Bonchev–Trinajstić information content (AvgIpc) is 2.38. The van der Waals surface area contributed by atoms with Crippen LogP contribution in [-0.4, -0.2) is 13.1 Å². The van der Waals surface area contributed by atoms with Crippen LogP contribution in [0.5, 0.6) is 0 Å². The zero-order valence-electron chi connectivity index (χ0n) is 12.5. The first-order valence-corrected chi connectivity index (χ1v) is 7.89. The normalized spacial score (nSPS) is 28.9. The standard InChI is InChI=1S/C16H33N/c1-5-11-17-12-13(3)14(4)16-9-7-15(6-2)8-10-16/h13-17H,5-12H2,1-4H3. The van der Waals surface area contributed by atoms with Gasteiger partial charge < -0.3 is 5.32 Å². The molecule has 1 aliphatic carbocycles. The van der Waals surface area contributed by atoms with E-state index >= 15 is 0 Å². The molecule has 0 radical (unpaired) electrons. The van der Waals surface area contributed by atoms with Crippen LogP contribution in [0.1, 0.15) is 66.2 Å². The third kappa shape index (κ3) is 4.99. The van der Waals surface area contributed by atoms with Crippen molar-refractivity contribution < 1.29 is 0 Å². The van der Waals surface area contributed by atoms with Gasteiger partial charge in [0.25, 0.3) is 0 Å². The highest BCUT2D eigenvalue weighted by Gasteiger charge is 2.27. The van der Waals surface area contributed by atoms with Crippen LogP contribution in [-0.2, 0) is 0 Å². The maximum atomic E-state index is 3.57. The molecule has 0 amide bonds. The summed E-state index contributed by atoms with van der Waals surface area (Å²) in [6.45, 7) is 11.9. The summed E-state index contributed by atoms with van der Waals surface area (Å²) in [5.41, 5.74) is 0. The molecule has 0 aliphatic heterocycles. The van der Waals surface area contributed by atoms with Gasteiger partial charge in [0, 0.05) is 0 Å². The molecule has 1 fully saturated rings. The Hall–Kier alpha value is -0.0400. The van der Waals surface area contributed by atoms with E-state index in [1.54, 1.807) is 0 Å². The number of hydrogen-bond acceptors (Lipinski definition) is 1. The highest BCUT2D eigenvalue weighted by atomic mass is 14.8. The Morgan fingerprint density at radius 3 is 2.24 bits per heavy atom. The summed E-state index contributed by atoms with van der Waals surface area (Å²) >= 11 is 0. The first-order valence-electron chi connectivity index (χ1n) is 7.89. The zero-order chi connectivity index (χ0) is 12.7. The minimum atomic E-state index is 0.838. The van der Waals surface area contributed by atoms with Gasteiger partial charge in [-0.3, -0.25) is 0 Å². The highest BCUT2D eigenvalue weighted by molar-refractivity contribution is 4.78. The Bertz CT molecular complexity index is 182. The second-order valence-corrected chi connectivity index (χ2v) is 6.23. The molecule has 0 aromatic heterocycles. The van der Waals surface area contributed by atoms with Gasteiger partial charge in [-0.05, 0) is 56.0 Å². The van der Waals surface area contributed by atoms with Crippen molar-refractivity contribution in [1.29, 1.82) is 0 Å². The molecular formula is C16H33N. The largest absolute Gasteiger partial charge is 0.316 e. The van der Waals surface area contributed by atoms with Crippen molar-refractivity contribution in [2.75, 3.05) is 13.1 Å². The molecule has 0 spiro atoms. The second kappa shape index (κ2) is 8.13. The van der Waals surface area contributed by atoms with Crippen molar-refractivity contribution >= 4 is 0 Å². The molecule has 1 saturated carbocycles. The van der Waals surface area contributed by atoms with Gasteiger partial charge >= 0.3 is 0 Å². The minimum Gasteiger partial charge on any atom is -0.316 e. The van der Waals surface area contributed by atoms with Crippen molar-refractivity contribution in [3.05, 3.63) is 0 Å². The van der Waals surface area contributed by atoms with Gasteiger partial charge in [-0.1, -0.05) is 47.0 Å². The smallest absolute Gasteiger partial charge is 0.00205 e. The van der Waals surface area contributed by atoms with Crippen LogP contribution in [0.15, 0.2) is 0 Å². The molecule has 1 heteroatoms. The molecule has 102 valence electrons. The van der Waals surface area contributed by atoms with Gasteiger partial charge in [0.05, 0.1) is 0 Å². The summed E-state index contributed by atoms with van der Waals surface area (Å²) in [5, 5.41) is 3.57. The van der Waals surface area contributed by atoms with Gasteiger partial charge in [0.1, 0.15) is 0 Å².